The van der Waals surface area contributed by atoms with E-state index in [0.717, 1.165) is 5.56 Å². The molecule has 6 heteroatoms. The van der Waals surface area contributed by atoms with Gasteiger partial charge in [0.2, 0.25) is 0 Å². The van der Waals surface area contributed by atoms with Crippen LogP contribution >= 0.6 is 8.03 Å². The number of ether oxygens (including phenoxy) is 1. The molecule has 5 nitrogen and oxygen atoms in total. The maximum atomic E-state index is 11.1. The van der Waals surface area contributed by atoms with E-state index in [4.69, 9.17) is 9.63 Å². The van der Waals surface area contributed by atoms with E-state index >= 15 is 0 Å². The number of hydrogen-bond donors (Lipinski definition) is 2. The average molecular weight is 271 g/mol. The monoisotopic (exact) mass is 271 g/mol. The van der Waals surface area contributed by atoms with Crippen LogP contribution in [0.5, 0.6) is 0 Å². The highest BCUT2D eigenvalue weighted by Crippen LogP contribution is 2.34. The highest BCUT2D eigenvalue weighted by molar-refractivity contribution is 7.38. The Kier molecular flexibility index (Phi) is 5.92. The molecule has 0 aromatic heterocycles. The molecule has 0 aliphatic carbocycles. The van der Waals surface area contributed by atoms with Crippen LogP contribution in [-0.2, 0) is 20.5 Å². The third-order valence-electron chi connectivity index (χ3n) is 2.41. The molecule has 0 spiro atoms. The quantitative estimate of drug-likeness (QED) is 0.610. The van der Waals surface area contributed by atoms with E-state index in [0.29, 0.717) is 25.0 Å². The van der Waals surface area contributed by atoms with Gasteiger partial charge >= 0.3 is 19.8 Å². The predicted molar refractivity (Wildman–Crippen MR) is 66.2 cm³/mol. The molecule has 2 unspecified atom stereocenters. The lowest BCUT2D eigenvalue weighted by atomic mass is 10.1. The normalized spacial score (nSPS) is 12.9. The number of benzene rings is 1. The number of carbonyl (C=O) groups excluding carboxylic acids is 1. The van der Waals surface area contributed by atoms with Crippen molar-refractivity contribution in [1.82, 2.24) is 0 Å². The van der Waals surface area contributed by atoms with E-state index in [1.165, 1.54) is 0 Å². The van der Waals surface area contributed by atoms with Gasteiger partial charge in [0.15, 0.2) is 0 Å². The van der Waals surface area contributed by atoms with Crippen molar-refractivity contribution in [2.75, 3.05) is 6.61 Å². The predicted octanol–water partition coefficient (Wildman–Crippen LogP) is 1.91. The summed E-state index contributed by atoms with van der Waals surface area (Å²) in [7, 11) is -2.64. The smallest absolute Gasteiger partial charge is 0.466 e. The van der Waals surface area contributed by atoms with E-state index in [2.05, 4.69) is 0 Å². The van der Waals surface area contributed by atoms with Crippen LogP contribution in [0.1, 0.15) is 30.3 Å². The second kappa shape index (κ2) is 7.21. The maximum absolute atomic E-state index is 11.1. The molecule has 0 radical (unpaired) electrons. The Balaban J connectivity index is 2.55. The highest BCUT2D eigenvalue weighted by Gasteiger charge is 2.27. The second-order valence-corrected chi connectivity index (χ2v) is 4.82. The first kappa shape index (κ1) is 14.8. The summed E-state index contributed by atoms with van der Waals surface area (Å²) < 4.78 is 15.5. The van der Waals surface area contributed by atoms with E-state index in [1.807, 2.05) is 0 Å². The Morgan fingerprint density at radius 1 is 1.39 bits per heavy atom. The van der Waals surface area contributed by atoms with Gasteiger partial charge in [-0.15, -0.1) is 0 Å². The third kappa shape index (κ3) is 4.53. The minimum atomic E-state index is -2.64. The molecule has 1 aromatic carbocycles. The standard InChI is InChI=1S/C12H15O5P/c1-2-17-11(13)8-5-9-3-6-10(7-4-9)12(14)18(15)16/h3-4,6-7,12,14H,2,5,8H2,1H3/p+1. The molecule has 2 atom stereocenters. The fourth-order valence-corrected chi connectivity index (χ4v) is 1.89. The molecule has 0 saturated carbocycles. The number of carbonyl (C=O) groups is 1. The van der Waals surface area contributed by atoms with Gasteiger partial charge in [0, 0.05) is 12.0 Å². The summed E-state index contributed by atoms with van der Waals surface area (Å²) in [5.74, 6) is -1.61. The summed E-state index contributed by atoms with van der Waals surface area (Å²) in [5, 5.41) is 9.37. The van der Waals surface area contributed by atoms with E-state index < -0.39 is 13.9 Å². The first-order valence-corrected chi connectivity index (χ1v) is 6.90. The maximum Gasteiger partial charge on any atom is 0.542 e. The van der Waals surface area contributed by atoms with Crippen LogP contribution in [-0.4, -0.2) is 22.6 Å². The Morgan fingerprint density at radius 2 is 2.00 bits per heavy atom. The molecule has 1 rings (SSSR count). The van der Waals surface area contributed by atoms with Crippen molar-refractivity contribution in [2.24, 2.45) is 0 Å². The molecular formula is C12H16O5P+. The van der Waals surface area contributed by atoms with Gasteiger partial charge in [0.25, 0.3) is 0 Å². The molecule has 0 amide bonds. The average Bonchev–Trinajstić information content (AvgIpc) is 2.36. The van der Waals surface area contributed by atoms with Crippen LogP contribution < -0.4 is 0 Å². The Hall–Kier alpha value is -1.29. The third-order valence-corrected chi connectivity index (χ3v) is 3.13. The zero-order chi connectivity index (χ0) is 13.5. The summed E-state index contributed by atoms with van der Waals surface area (Å²) >= 11 is 0. The van der Waals surface area contributed by atoms with Gasteiger partial charge in [-0.2, -0.15) is 4.89 Å². The number of rotatable bonds is 6. The molecule has 0 aliphatic heterocycles. The molecule has 0 heterocycles. The summed E-state index contributed by atoms with van der Waals surface area (Å²) in [5.41, 5.74) is 1.30. The molecule has 2 N–H and O–H groups in total. The van der Waals surface area contributed by atoms with Gasteiger partial charge < -0.3 is 9.84 Å². The summed E-state index contributed by atoms with van der Waals surface area (Å²) in [6, 6.07) is 6.59. The van der Waals surface area contributed by atoms with Crippen LogP contribution in [0.2, 0.25) is 0 Å². The van der Waals surface area contributed by atoms with Gasteiger partial charge in [0.05, 0.1) is 6.61 Å². The molecule has 0 saturated heterocycles. The largest absolute Gasteiger partial charge is 0.542 e. The summed E-state index contributed by atoms with van der Waals surface area (Å²) in [4.78, 5) is 19.9. The van der Waals surface area contributed by atoms with Crippen molar-refractivity contribution >= 4 is 14.0 Å². The van der Waals surface area contributed by atoms with Crippen molar-refractivity contribution < 1.29 is 24.1 Å². The van der Waals surface area contributed by atoms with Crippen molar-refractivity contribution in [1.29, 1.82) is 0 Å². The van der Waals surface area contributed by atoms with Crippen molar-refractivity contribution in [2.45, 2.75) is 25.6 Å². The second-order valence-electron chi connectivity index (χ2n) is 3.72. The molecule has 1 aromatic rings. The molecular weight excluding hydrogens is 255 g/mol. The van der Waals surface area contributed by atoms with Gasteiger partial charge in [-0.1, -0.05) is 24.3 Å². The van der Waals surface area contributed by atoms with Gasteiger partial charge in [-0.3, -0.25) is 4.79 Å². The van der Waals surface area contributed by atoms with Crippen molar-refractivity contribution in [3.63, 3.8) is 0 Å². The fourth-order valence-electron chi connectivity index (χ4n) is 1.46. The van der Waals surface area contributed by atoms with Gasteiger partial charge in [-0.25, -0.2) is 0 Å². The molecule has 18 heavy (non-hydrogen) atoms. The first-order valence-electron chi connectivity index (χ1n) is 5.62. The van der Waals surface area contributed by atoms with Crippen LogP contribution in [0.4, 0.5) is 0 Å². The molecule has 98 valence electrons. The lowest BCUT2D eigenvalue weighted by Gasteiger charge is -2.03. The van der Waals surface area contributed by atoms with Crippen molar-refractivity contribution in [3.8, 4) is 0 Å². The molecule has 0 bridgehead atoms. The number of aryl methyl sites for hydroxylation is 1. The minimum Gasteiger partial charge on any atom is -0.466 e. The first-order chi connectivity index (χ1) is 8.54. The highest BCUT2D eigenvalue weighted by atomic mass is 31.1. The fraction of sp³-hybridized carbons (Fsp3) is 0.417. The van der Waals surface area contributed by atoms with Crippen LogP contribution in [0.3, 0.4) is 0 Å². The SMILES string of the molecule is CCOC(=O)CCc1ccc(C(O)[P+](=O)O)cc1. The Labute approximate surface area is 106 Å². The van der Waals surface area contributed by atoms with Crippen LogP contribution in [0, 0.1) is 0 Å². The molecule has 0 aliphatic rings. The zero-order valence-electron chi connectivity index (χ0n) is 10.1. The van der Waals surface area contributed by atoms with E-state index in [9.17, 15) is 14.5 Å². The van der Waals surface area contributed by atoms with Crippen LogP contribution in [0.15, 0.2) is 24.3 Å². The van der Waals surface area contributed by atoms with Crippen molar-refractivity contribution in [3.05, 3.63) is 35.4 Å². The summed E-state index contributed by atoms with van der Waals surface area (Å²) in [6.07, 6.45) is 0.838. The van der Waals surface area contributed by atoms with Gasteiger partial charge in [-0.05, 0) is 23.5 Å². The molecule has 0 fully saturated rings. The number of aliphatic hydroxyl groups is 1. The Morgan fingerprint density at radius 3 is 2.50 bits per heavy atom. The Bertz CT molecular complexity index is 415. The zero-order valence-corrected chi connectivity index (χ0v) is 11.0. The van der Waals surface area contributed by atoms with E-state index in [1.54, 1.807) is 31.2 Å². The lowest BCUT2D eigenvalue weighted by Crippen LogP contribution is -2.05. The number of esters is 1. The lowest BCUT2D eigenvalue weighted by molar-refractivity contribution is -0.143. The number of hydrogen-bond acceptors (Lipinski definition) is 4. The minimum absolute atomic E-state index is 0.250. The number of aliphatic hydroxyl groups excluding tert-OH is 1. The topological polar surface area (TPSA) is 83.8 Å². The van der Waals surface area contributed by atoms with Gasteiger partial charge in [0.1, 0.15) is 0 Å². The van der Waals surface area contributed by atoms with Crippen LogP contribution in [0.25, 0.3) is 0 Å². The summed E-state index contributed by atoms with van der Waals surface area (Å²) in [6.45, 7) is 2.12. The van der Waals surface area contributed by atoms with E-state index in [-0.39, 0.29) is 5.97 Å².